The van der Waals surface area contributed by atoms with Crippen molar-refractivity contribution >= 4 is 35.7 Å². The molecule has 0 spiro atoms. The number of rotatable bonds is 4. The summed E-state index contributed by atoms with van der Waals surface area (Å²) < 4.78 is 0. The number of likely N-dealkylation sites (tertiary alicyclic amines) is 1. The highest BCUT2D eigenvalue weighted by molar-refractivity contribution is 6.30. The van der Waals surface area contributed by atoms with Crippen LogP contribution in [0.1, 0.15) is 18.4 Å². The van der Waals surface area contributed by atoms with Gasteiger partial charge in [-0.05, 0) is 38.1 Å². The number of nitro groups is 1. The minimum absolute atomic E-state index is 0. The quantitative estimate of drug-likeness (QED) is 0.675. The van der Waals surface area contributed by atoms with Crippen LogP contribution < -0.4 is 0 Å². The number of hydrogen-bond donors (Lipinski definition) is 1. The van der Waals surface area contributed by atoms with Gasteiger partial charge in [0.25, 0.3) is 5.69 Å². The first kappa shape index (κ1) is 17.7. The van der Waals surface area contributed by atoms with E-state index in [1.165, 1.54) is 6.07 Å². The van der Waals surface area contributed by atoms with E-state index in [0.29, 0.717) is 43.1 Å². The molecule has 0 aliphatic carbocycles. The van der Waals surface area contributed by atoms with Crippen molar-refractivity contribution in [1.82, 2.24) is 4.90 Å². The molecule has 1 heterocycles. The minimum atomic E-state index is -0.762. The summed E-state index contributed by atoms with van der Waals surface area (Å²) in [5.41, 5.74) is 0.617. The molecule has 21 heavy (non-hydrogen) atoms. The number of carbonyl (C=O) groups is 1. The lowest BCUT2D eigenvalue weighted by molar-refractivity contribution is -0.385. The maximum atomic E-state index is 11.0. The lowest BCUT2D eigenvalue weighted by Gasteiger charge is -2.29. The first-order valence-corrected chi connectivity index (χ1v) is 6.73. The average Bonchev–Trinajstić information content (AvgIpc) is 2.41. The average molecular weight is 335 g/mol. The summed E-state index contributed by atoms with van der Waals surface area (Å²) >= 11 is 5.77. The molecule has 1 aliphatic rings. The number of carboxylic acids is 1. The first-order chi connectivity index (χ1) is 9.47. The predicted octanol–water partition coefficient (Wildman–Crippen LogP) is 2.97. The molecule has 0 atom stereocenters. The second kappa shape index (κ2) is 7.59. The summed E-state index contributed by atoms with van der Waals surface area (Å²) in [6.45, 7) is 1.72. The molecular formula is C13H16Cl2N2O4. The van der Waals surface area contributed by atoms with Crippen LogP contribution in [0.2, 0.25) is 5.02 Å². The number of nitrogens with zero attached hydrogens (tertiary/aromatic N) is 2. The van der Waals surface area contributed by atoms with E-state index < -0.39 is 10.9 Å². The third-order valence-electron chi connectivity index (χ3n) is 3.57. The smallest absolute Gasteiger partial charge is 0.306 e. The Morgan fingerprint density at radius 1 is 1.43 bits per heavy atom. The number of nitro benzene ring substituents is 1. The van der Waals surface area contributed by atoms with Crippen LogP contribution in [0.3, 0.4) is 0 Å². The maximum Gasteiger partial charge on any atom is 0.306 e. The number of halogens is 2. The Kier molecular flexibility index (Phi) is 6.39. The summed E-state index contributed by atoms with van der Waals surface area (Å²) in [6.07, 6.45) is 1.16. The molecule has 116 valence electrons. The molecule has 1 fully saturated rings. The lowest BCUT2D eigenvalue weighted by atomic mass is 9.96. The highest BCUT2D eigenvalue weighted by Gasteiger charge is 2.25. The fourth-order valence-corrected chi connectivity index (χ4v) is 2.59. The minimum Gasteiger partial charge on any atom is -0.481 e. The fraction of sp³-hybridized carbons (Fsp3) is 0.462. The van der Waals surface area contributed by atoms with Crippen LogP contribution in [0.15, 0.2) is 18.2 Å². The fourth-order valence-electron chi connectivity index (χ4n) is 2.42. The van der Waals surface area contributed by atoms with E-state index in [1.54, 1.807) is 12.1 Å². The summed E-state index contributed by atoms with van der Waals surface area (Å²) in [7, 11) is 0. The standard InChI is InChI=1S/C13H15ClN2O4.ClH/c14-11-2-1-10(12(7-11)16(19)20)8-15-5-3-9(4-6-15)13(17)18;/h1-2,7,9H,3-6,8H2,(H,17,18);1H. The van der Waals surface area contributed by atoms with Gasteiger partial charge in [0.05, 0.1) is 10.8 Å². The molecule has 1 aliphatic heterocycles. The van der Waals surface area contributed by atoms with Crippen molar-refractivity contribution in [2.75, 3.05) is 13.1 Å². The highest BCUT2D eigenvalue weighted by Crippen LogP contribution is 2.26. The van der Waals surface area contributed by atoms with Crippen LogP contribution in [0, 0.1) is 16.0 Å². The molecule has 0 amide bonds. The third-order valence-corrected chi connectivity index (χ3v) is 3.81. The Balaban J connectivity index is 0.00000220. The van der Waals surface area contributed by atoms with Crippen LogP contribution in [-0.2, 0) is 11.3 Å². The molecule has 0 aromatic heterocycles. The predicted molar refractivity (Wildman–Crippen MR) is 81.0 cm³/mol. The molecular weight excluding hydrogens is 319 g/mol. The van der Waals surface area contributed by atoms with E-state index in [0.717, 1.165) is 0 Å². The van der Waals surface area contributed by atoms with E-state index in [4.69, 9.17) is 16.7 Å². The van der Waals surface area contributed by atoms with Gasteiger partial charge in [-0.3, -0.25) is 19.8 Å². The molecule has 1 saturated heterocycles. The van der Waals surface area contributed by atoms with Crippen LogP contribution in [0.25, 0.3) is 0 Å². The zero-order valence-corrected chi connectivity index (χ0v) is 12.8. The number of aliphatic carboxylic acids is 1. The van der Waals surface area contributed by atoms with Crippen molar-refractivity contribution in [2.45, 2.75) is 19.4 Å². The van der Waals surface area contributed by atoms with E-state index in [2.05, 4.69) is 0 Å². The van der Waals surface area contributed by atoms with Gasteiger partial charge < -0.3 is 5.11 Å². The molecule has 0 bridgehead atoms. The van der Waals surface area contributed by atoms with Gasteiger partial charge in [-0.25, -0.2) is 0 Å². The van der Waals surface area contributed by atoms with Gasteiger partial charge in [0.15, 0.2) is 0 Å². The molecule has 1 N–H and O–H groups in total. The molecule has 1 aromatic rings. The number of benzene rings is 1. The monoisotopic (exact) mass is 334 g/mol. The van der Waals surface area contributed by atoms with Crippen molar-refractivity contribution in [1.29, 1.82) is 0 Å². The lowest BCUT2D eigenvalue weighted by Crippen LogP contribution is -2.35. The molecule has 2 rings (SSSR count). The SMILES string of the molecule is Cl.O=C(O)C1CCN(Cc2ccc(Cl)cc2[N+](=O)[O-])CC1. The maximum absolute atomic E-state index is 11.0. The van der Waals surface area contributed by atoms with E-state index in [-0.39, 0.29) is 24.0 Å². The van der Waals surface area contributed by atoms with Crippen molar-refractivity contribution < 1.29 is 14.8 Å². The number of hydrogen-bond acceptors (Lipinski definition) is 4. The first-order valence-electron chi connectivity index (χ1n) is 6.35. The Labute approximate surface area is 133 Å². The van der Waals surface area contributed by atoms with Crippen molar-refractivity contribution in [3.8, 4) is 0 Å². The Hall–Kier alpha value is -1.37. The summed E-state index contributed by atoms with van der Waals surface area (Å²) in [5, 5.41) is 20.3. The molecule has 0 radical (unpaired) electrons. The summed E-state index contributed by atoms with van der Waals surface area (Å²) in [6, 6.07) is 4.64. The molecule has 1 aromatic carbocycles. The Morgan fingerprint density at radius 2 is 2.05 bits per heavy atom. The van der Waals surface area contributed by atoms with Crippen LogP contribution in [0.5, 0.6) is 0 Å². The third kappa shape index (κ3) is 4.56. The summed E-state index contributed by atoms with van der Waals surface area (Å²) in [5.74, 6) is -1.06. The Bertz CT molecular complexity index is 531. The summed E-state index contributed by atoms with van der Waals surface area (Å²) in [4.78, 5) is 23.5. The van der Waals surface area contributed by atoms with Gasteiger partial charge in [-0.1, -0.05) is 11.6 Å². The molecule has 0 saturated carbocycles. The molecule has 8 heteroatoms. The van der Waals surface area contributed by atoms with Gasteiger partial charge in [0.1, 0.15) is 0 Å². The van der Waals surface area contributed by atoms with Crippen molar-refractivity contribution in [2.24, 2.45) is 5.92 Å². The number of carboxylic acid groups (broad SMARTS) is 1. The van der Waals surface area contributed by atoms with E-state index >= 15 is 0 Å². The topological polar surface area (TPSA) is 83.7 Å². The number of piperidine rings is 1. The zero-order chi connectivity index (χ0) is 14.7. The second-order valence-electron chi connectivity index (χ2n) is 4.92. The highest BCUT2D eigenvalue weighted by atomic mass is 35.5. The van der Waals surface area contributed by atoms with Gasteiger partial charge in [0, 0.05) is 23.2 Å². The second-order valence-corrected chi connectivity index (χ2v) is 5.36. The van der Waals surface area contributed by atoms with E-state index in [9.17, 15) is 14.9 Å². The van der Waals surface area contributed by atoms with Gasteiger partial charge in [-0.15, -0.1) is 12.4 Å². The van der Waals surface area contributed by atoms with Crippen LogP contribution in [-0.4, -0.2) is 34.0 Å². The molecule has 6 nitrogen and oxygen atoms in total. The largest absolute Gasteiger partial charge is 0.481 e. The van der Waals surface area contributed by atoms with Crippen LogP contribution in [0.4, 0.5) is 5.69 Å². The normalized spacial score (nSPS) is 16.2. The van der Waals surface area contributed by atoms with Crippen LogP contribution >= 0.6 is 24.0 Å². The van der Waals surface area contributed by atoms with Crippen molar-refractivity contribution in [3.63, 3.8) is 0 Å². The molecule has 0 unspecified atom stereocenters. The van der Waals surface area contributed by atoms with Gasteiger partial charge >= 0.3 is 5.97 Å². The van der Waals surface area contributed by atoms with Gasteiger partial charge in [-0.2, -0.15) is 0 Å². The van der Waals surface area contributed by atoms with Crippen molar-refractivity contribution in [3.05, 3.63) is 38.9 Å². The Morgan fingerprint density at radius 3 is 2.57 bits per heavy atom. The van der Waals surface area contributed by atoms with Gasteiger partial charge in [0.2, 0.25) is 0 Å². The van der Waals surface area contributed by atoms with E-state index in [1.807, 2.05) is 4.90 Å². The zero-order valence-electron chi connectivity index (χ0n) is 11.2.